The van der Waals surface area contributed by atoms with E-state index in [0.717, 1.165) is 0 Å². The van der Waals surface area contributed by atoms with Gasteiger partial charge in [-0.15, -0.1) is 0 Å². The molecule has 1 aliphatic rings. The van der Waals surface area contributed by atoms with Crippen molar-refractivity contribution in [3.63, 3.8) is 0 Å². The molecule has 0 heterocycles. The third-order valence-electron chi connectivity index (χ3n) is 2.32. The molecular formula is C13H9N3O3. The van der Waals surface area contributed by atoms with Crippen molar-refractivity contribution in [3.8, 4) is 0 Å². The lowest BCUT2D eigenvalue weighted by Crippen LogP contribution is -1.98. The molecule has 1 aromatic rings. The second-order valence-corrected chi connectivity index (χ2v) is 3.69. The first-order chi connectivity index (χ1) is 9.15. The van der Waals surface area contributed by atoms with Crippen LogP contribution in [-0.4, -0.2) is 22.6 Å². The van der Waals surface area contributed by atoms with Crippen LogP contribution in [0.4, 0.5) is 5.69 Å². The number of rotatable bonds is 3. The minimum Gasteiger partial charge on any atom is -0.290 e. The van der Waals surface area contributed by atoms with Gasteiger partial charge in [0.25, 0.3) is 5.69 Å². The first kappa shape index (κ1) is 12.6. The molecule has 0 saturated carbocycles. The number of nitro groups is 1. The molecule has 1 aromatic carbocycles. The second kappa shape index (κ2) is 5.63. The lowest BCUT2D eigenvalue weighted by atomic mass is 10.2. The summed E-state index contributed by atoms with van der Waals surface area (Å²) in [5.74, 6) is -0.0849. The van der Waals surface area contributed by atoms with Crippen molar-refractivity contribution < 1.29 is 9.72 Å². The van der Waals surface area contributed by atoms with Crippen LogP contribution in [0.1, 0.15) is 5.56 Å². The maximum Gasteiger partial charge on any atom is 0.269 e. The molecule has 2 rings (SSSR count). The number of nitro benzene ring substituents is 1. The van der Waals surface area contributed by atoms with E-state index in [-0.39, 0.29) is 11.5 Å². The van der Waals surface area contributed by atoms with Gasteiger partial charge in [0.2, 0.25) is 0 Å². The maximum absolute atomic E-state index is 10.9. The molecule has 0 spiro atoms. The Morgan fingerprint density at radius 3 is 2.26 bits per heavy atom. The monoisotopic (exact) mass is 255 g/mol. The SMILES string of the molecule is O=C1C=CC(=N/N=C\c2ccc([N+](=O)[O-])cc2)C=C1. The lowest BCUT2D eigenvalue weighted by molar-refractivity contribution is -0.384. The predicted molar refractivity (Wildman–Crippen MR) is 71.4 cm³/mol. The largest absolute Gasteiger partial charge is 0.290 e. The first-order valence-electron chi connectivity index (χ1n) is 5.41. The smallest absolute Gasteiger partial charge is 0.269 e. The number of allylic oxidation sites excluding steroid dienone is 4. The number of carbonyl (C=O) groups excluding carboxylic acids is 1. The van der Waals surface area contributed by atoms with Crippen molar-refractivity contribution in [2.75, 3.05) is 0 Å². The Morgan fingerprint density at radius 1 is 1.05 bits per heavy atom. The Balaban J connectivity index is 2.05. The summed E-state index contributed by atoms with van der Waals surface area (Å²) >= 11 is 0. The van der Waals surface area contributed by atoms with Gasteiger partial charge >= 0.3 is 0 Å². The average molecular weight is 255 g/mol. The Kier molecular flexibility index (Phi) is 3.72. The summed E-state index contributed by atoms with van der Waals surface area (Å²) in [6, 6.07) is 5.96. The van der Waals surface area contributed by atoms with Gasteiger partial charge in [0.15, 0.2) is 5.78 Å². The zero-order valence-electron chi connectivity index (χ0n) is 9.76. The van der Waals surface area contributed by atoms with Gasteiger partial charge in [0, 0.05) is 12.1 Å². The normalized spacial score (nSPS) is 14.1. The Labute approximate surface area is 108 Å². The van der Waals surface area contributed by atoms with E-state index in [2.05, 4.69) is 10.2 Å². The molecule has 0 atom stereocenters. The first-order valence-corrected chi connectivity index (χ1v) is 5.41. The van der Waals surface area contributed by atoms with Gasteiger partial charge in [0.1, 0.15) is 0 Å². The molecule has 0 saturated heterocycles. The van der Waals surface area contributed by atoms with Gasteiger partial charge in [-0.05, 0) is 42.0 Å². The summed E-state index contributed by atoms with van der Waals surface area (Å²) < 4.78 is 0. The molecule has 1 aliphatic carbocycles. The van der Waals surface area contributed by atoms with Gasteiger partial charge in [-0.2, -0.15) is 10.2 Å². The van der Waals surface area contributed by atoms with E-state index in [1.54, 1.807) is 24.3 Å². The molecule has 0 N–H and O–H groups in total. The van der Waals surface area contributed by atoms with Gasteiger partial charge in [-0.1, -0.05) is 0 Å². The van der Waals surface area contributed by atoms with Gasteiger partial charge in [-0.3, -0.25) is 14.9 Å². The lowest BCUT2D eigenvalue weighted by Gasteiger charge is -1.95. The van der Waals surface area contributed by atoms with E-state index in [1.165, 1.54) is 30.5 Å². The highest BCUT2D eigenvalue weighted by Gasteiger charge is 2.02. The van der Waals surface area contributed by atoms with Crippen LogP contribution in [0.15, 0.2) is 58.8 Å². The Morgan fingerprint density at radius 2 is 1.68 bits per heavy atom. The highest BCUT2D eigenvalue weighted by Crippen LogP contribution is 2.10. The molecule has 6 nitrogen and oxygen atoms in total. The zero-order chi connectivity index (χ0) is 13.7. The summed E-state index contributed by atoms with van der Waals surface area (Å²) in [6.07, 6.45) is 7.42. The molecule has 0 fully saturated rings. The fourth-order valence-electron chi connectivity index (χ4n) is 1.36. The molecule has 0 unspecified atom stereocenters. The summed E-state index contributed by atoms with van der Waals surface area (Å²) in [4.78, 5) is 20.9. The molecule has 0 amide bonds. The minimum absolute atomic E-state index is 0.0279. The van der Waals surface area contributed by atoms with Crippen molar-refractivity contribution in [1.29, 1.82) is 0 Å². The number of ketones is 1. The molecule has 6 heteroatoms. The van der Waals surface area contributed by atoms with Crippen LogP contribution in [0.2, 0.25) is 0 Å². The second-order valence-electron chi connectivity index (χ2n) is 3.69. The van der Waals surface area contributed by atoms with Crippen LogP contribution in [0, 0.1) is 10.1 Å². The highest BCUT2D eigenvalue weighted by molar-refractivity contribution is 6.16. The van der Waals surface area contributed by atoms with E-state index in [9.17, 15) is 14.9 Å². The summed E-state index contributed by atoms with van der Waals surface area (Å²) in [7, 11) is 0. The molecule has 0 aromatic heterocycles. The quantitative estimate of drug-likeness (QED) is 0.358. The topological polar surface area (TPSA) is 84.9 Å². The Bertz CT molecular complexity index is 607. The third-order valence-corrected chi connectivity index (χ3v) is 2.32. The van der Waals surface area contributed by atoms with Crippen molar-refractivity contribution >= 4 is 23.4 Å². The standard InChI is InChI=1S/C13H9N3O3/c17-13-7-3-11(4-8-13)15-14-9-10-1-5-12(6-2-10)16(18)19/h1-9H/b14-9-. The number of benzene rings is 1. The number of hydrogen-bond donors (Lipinski definition) is 0. The molecule has 0 bridgehead atoms. The highest BCUT2D eigenvalue weighted by atomic mass is 16.6. The Hall–Kier alpha value is -2.89. The minimum atomic E-state index is -0.463. The molecule has 19 heavy (non-hydrogen) atoms. The number of non-ortho nitro benzene ring substituents is 1. The van der Waals surface area contributed by atoms with Crippen LogP contribution < -0.4 is 0 Å². The summed E-state index contributed by atoms with van der Waals surface area (Å²) in [6.45, 7) is 0. The number of carbonyl (C=O) groups is 1. The number of hydrogen-bond acceptors (Lipinski definition) is 5. The molecular weight excluding hydrogens is 246 g/mol. The van der Waals surface area contributed by atoms with Gasteiger partial charge < -0.3 is 0 Å². The molecule has 0 aliphatic heterocycles. The third kappa shape index (κ3) is 3.53. The predicted octanol–water partition coefficient (Wildman–Crippen LogP) is 2.06. The summed E-state index contributed by atoms with van der Waals surface area (Å²) in [5.41, 5.74) is 1.30. The van der Waals surface area contributed by atoms with Gasteiger partial charge in [0.05, 0.1) is 16.8 Å². The van der Waals surface area contributed by atoms with E-state index in [1.807, 2.05) is 0 Å². The van der Waals surface area contributed by atoms with Crippen molar-refractivity contribution in [2.24, 2.45) is 10.2 Å². The zero-order valence-corrected chi connectivity index (χ0v) is 9.76. The van der Waals surface area contributed by atoms with Crippen LogP contribution >= 0.6 is 0 Å². The van der Waals surface area contributed by atoms with Crippen LogP contribution in [0.5, 0.6) is 0 Å². The fourth-order valence-corrected chi connectivity index (χ4v) is 1.36. The van der Waals surface area contributed by atoms with Crippen LogP contribution in [0.25, 0.3) is 0 Å². The maximum atomic E-state index is 10.9. The van der Waals surface area contributed by atoms with E-state index in [4.69, 9.17) is 0 Å². The van der Waals surface area contributed by atoms with Crippen molar-refractivity contribution in [1.82, 2.24) is 0 Å². The van der Waals surface area contributed by atoms with Gasteiger partial charge in [-0.25, -0.2) is 0 Å². The van der Waals surface area contributed by atoms with Crippen molar-refractivity contribution in [3.05, 3.63) is 64.2 Å². The van der Waals surface area contributed by atoms with Crippen LogP contribution in [0.3, 0.4) is 0 Å². The fraction of sp³-hybridized carbons (Fsp3) is 0. The number of nitrogens with zero attached hydrogens (tertiary/aromatic N) is 3. The van der Waals surface area contributed by atoms with E-state index in [0.29, 0.717) is 11.3 Å². The van der Waals surface area contributed by atoms with E-state index >= 15 is 0 Å². The average Bonchev–Trinajstić information content (AvgIpc) is 2.41. The molecule has 94 valence electrons. The van der Waals surface area contributed by atoms with Crippen LogP contribution in [-0.2, 0) is 4.79 Å². The van der Waals surface area contributed by atoms with E-state index < -0.39 is 4.92 Å². The summed E-state index contributed by atoms with van der Waals surface area (Å²) in [5, 5.41) is 18.2. The molecule has 0 radical (unpaired) electrons. The van der Waals surface area contributed by atoms with Crippen molar-refractivity contribution in [2.45, 2.75) is 0 Å².